The fourth-order valence-corrected chi connectivity index (χ4v) is 4.36. The lowest BCUT2D eigenvalue weighted by Gasteiger charge is -2.23. The highest BCUT2D eigenvalue weighted by atomic mass is 16.5. The summed E-state index contributed by atoms with van der Waals surface area (Å²) in [4.78, 5) is 21.2. The lowest BCUT2D eigenvalue weighted by molar-refractivity contribution is -0.120. The first-order chi connectivity index (χ1) is 16.7. The predicted molar refractivity (Wildman–Crippen MR) is 135 cm³/mol. The van der Waals surface area contributed by atoms with E-state index in [2.05, 4.69) is 33.5 Å². The Morgan fingerprint density at radius 3 is 2.74 bits per heavy atom. The predicted octanol–water partition coefficient (Wildman–Crippen LogP) is 6.72. The molecule has 2 aromatic heterocycles. The molecule has 1 N–H and O–H groups in total. The number of amides is 1. The third-order valence-electron chi connectivity index (χ3n) is 6.25. The Morgan fingerprint density at radius 2 is 1.88 bits per heavy atom. The fourth-order valence-electron chi connectivity index (χ4n) is 4.36. The van der Waals surface area contributed by atoms with Crippen LogP contribution in [0.1, 0.15) is 31.2 Å². The summed E-state index contributed by atoms with van der Waals surface area (Å²) >= 11 is 0. The van der Waals surface area contributed by atoms with Crippen LogP contribution in [0.25, 0.3) is 10.9 Å². The zero-order valence-electron chi connectivity index (χ0n) is 19.0. The summed E-state index contributed by atoms with van der Waals surface area (Å²) in [5, 5.41) is 4.08. The Hall–Kier alpha value is -3.99. The third kappa shape index (κ3) is 5.49. The summed E-state index contributed by atoms with van der Waals surface area (Å²) in [7, 11) is 0. The molecule has 0 radical (unpaired) electrons. The van der Waals surface area contributed by atoms with Gasteiger partial charge in [-0.05, 0) is 74.1 Å². The molecule has 0 unspecified atom stereocenters. The highest BCUT2D eigenvalue weighted by Crippen LogP contribution is 2.30. The van der Waals surface area contributed by atoms with E-state index in [1.54, 1.807) is 12.4 Å². The molecule has 5 heteroatoms. The van der Waals surface area contributed by atoms with Gasteiger partial charge in [0.15, 0.2) is 0 Å². The standard InChI is InChI=1S/C29H27N3O2/c33-29(31-25-7-4-18-30-20-25)24-14-12-21(13-15-24)10-11-22-5-3-8-26(19-22)34-28-17-16-23-6-1-2-9-27(23)32-28/h1-10,16-20,24H,11-15H2,(H,31,33). The van der Waals surface area contributed by atoms with Crippen LogP contribution in [-0.4, -0.2) is 15.9 Å². The molecule has 34 heavy (non-hydrogen) atoms. The molecule has 5 nitrogen and oxygen atoms in total. The average molecular weight is 450 g/mol. The van der Waals surface area contributed by atoms with Crippen molar-refractivity contribution in [2.75, 3.05) is 5.32 Å². The zero-order valence-corrected chi connectivity index (χ0v) is 19.0. The molecule has 170 valence electrons. The van der Waals surface area contributed by atoms with Crippen molar-refractivity contribution in [2.45, 2.75) is 32.1 Å². The van der Waals surface area contributed by atoms with E-state index >= 15 is 0 Å². The second-order valence-corrected chi connectivity index (χ2v) is 8.66. The number of hydrogen-bond acceptors (Lipinski definition) is 4. The van der Waals surface area contributed by atoms with E-state index in [1.807, 2.05) is 60.7 Å². The molecule has 0 bridgehead atoms. The minimum Gasteiger partial charge on any atom is -0.439 e. The molecule has 1 fully saturated rings. The lowest BCUT2D eigenvalue weighted by Crippen LogP contribution is -2.25. The third-order valence-corrected chi connectivity index (χ3v) is 6.25. The quantitative estimate of drug-likeness (QED) is 0.332. The largest absolute Gasteiger partial charge is 0.439 e. The second kappa shape index (κ2) is 10.3. The number of nitrogens with one attached hydrogen (secondary N) is 1. The molecule has 1 aliphatic carbocycles. The molecule has 2 heterocycles. The lowest BCUT2D eigenvalue weighted by atomic mass is 9.84. The van der Waals surface area contributed by atoms with Gasteiger partial charge in [-0.2, -0.15) is 0 Å². The number of carbonyl (C=O) groups excluding carboxylic acids is 1. The van der Waals surface area contributed by atoms with Crippen LogP contribution in [-0.2, 0) is 11.2 Å². The van der Waals surface area contributed by atoms with Gasteiger partial charge < -0.3 is 10.1 Å². The van der Waals surface area contributed by atoms with Gasteiger partial charge >= 0.3 is 0 Å². The molecule has 0 atom stereocenters. The first kappa shape index (κ1) is 21.8. The average Bonchev–Trinajstić information content (AvgIpc) is 2.88. The van der Waals surface area contributed by atoms with Gasteiger partial charge in [0.1, 0.15) is 5.75 Å². The van der Waals surface area contributed by atoms with Crippen molar-refractivity contribution in [1.82, 2.24) is 9.97 Å². The number of hydrogen-bond donors (Lipinski definition) is 1. The van der Waals surface area contributed by atoms with Crippen LogP contribution < -0.4 is 10.1 Å². The van der Waals surface area contributed by atoms with Crippen LogP contribution in [0.4, 0.5) is 5.69 Å². The van der Waals surface area contributed by atoms with Crippen molar-refractivity contribution in [3.63, 3.8) is 0 Å². The number of fused-ring (bicyclic) bond motifs is 1. The monoisotopic (exact) mass is 449 g/mol. The van der Waals surface area contributed by atoms with Crippen molar-refractivity contribution in [1.29, 1.82) is 0 Å². The van der Waals surface area contributed by atoms with Gasteiger partial charge in [0.2, 0.25) is 11.8 Å². The SMILES string of the molecule is O=C(Nc1cccnc1)C1CCC(=CCc2cccc(Oc3ccc4ccccc4n3)c2)CC1. The maximum atomic E-state index is 12.5. The minimum absolute atomic E-state index is 0.0588. The Labute approximate surface area is 199 Å². The molecular weight excluding hydrogens is 422 g/mol. The molecule has 1 saturated carbocycles. The minimum atomic E-state index is 0.0588. The Kier molecular flexibility index (Phi) is 6.61. The van der Waals surface area contributed by atoms with Gasteiger partial charge in [0, 0.05) is 23.6 Å². The summed E-state index contributed by atoms with van der Waals surface area (Å²) in [6, 6.07) is 23.8. The van der Waals surface area contributed by atoms with E-state index in [0.29, 0.717) is 5.88 Å². The number of nitrogens with zero attached hydrogens (tertiary/aromatic N) is 2. The number of allylic oxidation sites excluding steroid dienone is 2. The Morgan fingerprint density at radius 1 is 1.00 bits per heavy atom. The number of carbonyl (C=O) groups is 1. The van der Waals surface area contributed by atoms with Crippen LogP contribution >= 0.6 is 0 Å². The first-order valence-corrected chi connectivity index (χ1v) is 11.7. The smallest absolute Gasteiger partial charge is 0.227 e. The summed E-state index contributed by atoms with van der Waals surface area (Å²) in [6.07, 6.45) is 10.2. The molecule has 1 amide bonds. The van der Waals surface area contributed by atoms with Gasteiger partial charge in [-0.15, -0.1) is 0 Å². The normalized spacial score (nSPS) is 15.6. The van der Waals surface area contributed by atoms with Crippen molar-refractivity contribution in [2.24, 2.45) is 5.92 Å². The number of benzene rings is 2. The Bertz CT molecular complexity index is 1310. The van der Waals surface area contributed by atoms with Crippen LogP contribution in [0.15, 0.2) is 96.8 Å². The van der Waals surface area contributed by atoms with E-state index in [1.165, 1.54) is 11.1 Å². The van der Waals surface area contributed by atoms with Crippen molar-refractivity contribution < 1.29 is 9.53 Å². The topological polar surface area (TPSA) is 64.1 Å². The number of para-hydroxylation sites is 1. The van der Waals surface area contributed by atoms with E-state index in [4.69, 9.17) is 4.74 Å². The van der Waals surface area contributed by atoms with Crippen molar-refractivity contribution >= 4 is 22.5 Å². The van der Waals surface area contributed by atoms with E-state index in [0.717, 1.165) is 54.4 Å². The second-order valence-electron chi connectivity index (χ2n) is 8.66. The molecule has 0 saturated heterocycles. The highest BCUT2D eigenvalue weighted by molar-refractivity contribution is 5.92. The summed E-state index contributed by atoms with van der Waals surface area (Å²) in [6.45, 7) is 0. The van der Waals surface area contributed by atoms with E-state index < -0.39 is 0 Å². The fraction of sp³-hybridized carbons (Fsp3) is 0.207. The number of ether oxygens (including phenoxy) is 1. The highest BCUT2D eigenvalue weighted by Gasteiger charge is 2.23. The van der Waals surface area contributed by atoms with Crippen LogP contribution in [0.3, 0.4) is 0 Å². The molecule has 5 rings (SSSR count). The number of pyridine rings is 2. The summed E-state index contributed by atoms with van der Waals surface area (Å²) in [5.74, 6) is 1.54. The molecular formula is C29H27N3O2. The maximum Gasteiger partial charge on any atom is 0.227 e. The molecule has 0 spiro atoms. The maximum absolute atomic E-state index is 12.5. The van der Waals surface area contributed by atoms with Gasteiger partial charge in [-0.25, -0.2) is 4.98 Å². The Balaban J connectivity index is 1.16. The van der Waals surface area contributed by atoms with E-state index in [-0.39, 0.29) is 11.8 Å². The van der Waals surface area contributed by atoms with Gasteiger partial charge in [0.25, 0.3) is 0 Å². The molecule has 0 aliphatic heterocycles. The number of rotatable bonds is 6. The first-order valence-electron chi connectivity index (χ1n) is 11.7. The molecule has 2 aromatic carbocycles. The number of aromatic nitrogens is 2. The van der Waals surface area contributed by atoms with Crippen molar-refractivity contribution in [3.8, 4) is 11.6 Å². The zero-order chi connectivity index (χ0) is 23.2. The molecule has 1 aliphatic rings. The summed E-state index contributed by atoms with van der Waals surface area (Å²) in [5.41, 5.74) is 4.30. The van der Waals surface area contributed by atoms with Gasteiger partial charge in [-0.1, -0.05) is 42.0 Å². The van der Waals surface area contributed by atoms with Crippen LogP contribution in [0, 0.1) is 5.92 Å². The number of anilines is 1. The van der Waals surface area contributed by atoms with Gasteiger partial charge in [-0.3, -0.25) is 9.78 Å². The van der Waals surface area contributed by atoms with E-state index in [9.17, 15) is 4.79 Å². The summed E-state index contributed by atoms with van der Waals surface area (Å²) < 4.78 is 6.03. The van der Waals surface area contributed by atoms with Crippen molar-refractivity contribution in [3.05, 3.63) is 102 Å². The van der Waals surface area contributed by atoms with Crippen LogP contribution in [0.5, 0.6) is 11.6 Å². The van der Waals surface area contributed by atoms with Gasteiger partial charge in [0.05, 0.1) is 17.4 Å². The van der Waals surface area contributed by atoms with Crippen LogP contribution in [0.2, 0.25) is 0 Å². The molecule has 4 aromatic rings.